The van der Waals surface area contributed by atoms with E-state index in [4.69, 9.17) is 8.74 Å². The maximum atomic E-state index is 11.1. The molecule has 0 aliphatic carbocycles. The topological polar surface area (TPSA) is 113 Å². The number of nitrogens with zero attached hydrogens (tertiary/aromatic N) is 2. The molecule has 0 saturated heterocycles. The van der Waals surface area contributed by atoms with Gasteiger partial charge in [-0.2, -0.15) is 8.78 Å². The van der Waals surface area contributed by atoms with Gasteiger partial charge in [0.05, 0.1) is 10.3 Å². The Balaban J connectivity index is 1.61. The van der Waals surface area contributed by atoms with Gasteiger partial charge in [-0.05, 0) is 69.7 Å². The lowest BCUT2D eigenvalue weighted by molar-refractivity contribution is -0.433. The maximum absolute atomic E-state index is 11.1. The van der Waals surface area contributed by atoms with Crippen LogP contribution in [-0.4, -0.2) is 45.8 Å². The van der Waals surface area contributed by atoms with E-state index in [1.54, 1.807) is 18.2 Å². The van der Waals surface area contributed by atoms with Crippen LogP contribution in [0.2, 0.25) is 0 Å². The monoisotopic (exact) mass is 573 g/mol. The third kappa shape index (κ3) is 5.37. The van der Waals surface area contributed by atoms with E-state index in [0.717, 1.165) is 47.0 Å². The second-order valence-electron chi connectivity index (χ2n) is 10.6. The molecule has 0 saturated carbocycles. The highest BCUT2D eigenvalue weighted by molar-refractivity contribution is 8.19. The quantitative estimate of drug-likeness (QED) is 0.153. The first-order valence-electron chi connectivity index (χ1n) is 12.8. The summed E-state index contributed by atoms with van der Waals surface area (Å²) in [7, 11) is -3.79. The minimum absolute atomic E-state index is 0.117. The summed E-state index contributed by atoms with van der Waals surface area (Å²) in [4.78, 5) is 2.31. The summed E-state index contributed by atoms with van der Waals surface area (Å²) in [6.07, 6.45) is 10.1. The first kappa shape index (κ1) is 29.3. The van der Waals surface area contributed by atoms with E-state index >= 15 is 0 Å². The van der Waals surface area contributed by atoms with Crippen LogP contribution in [0.25, 0.3) is 0 Å². The molecule has 39 heavy (non-hydrogen) atoms. The molecule has 0 radical (unpaired) electrons. The van der Waals surface area contributed by atoms with Gasteiger partial charge >= 0.3 is 11.4 Å². The largest absolute Gasteiger partial charge is 0.380 e. The lowest BCUT2D eigenvalue weighted by Gasteiger charge is -2.26. The molecule has 2 aliphatic rings. The summed E-state index contributed by atoms with van der Waals surface area (Å²) in [5.41, 5.74) is 5.44. The van der Waals surface area contributed by atoms with Gasteiger partial charge in [-0.3, -0.25) is 4.55 Å². The summed E-state index contributed by atoms with van der Waals surface area (Å²) in [6, 6.07) is 10.5. The highest BCUT2D eigenvalue weighted by atomic mass is 32.3. The van der Waals surface area contributed by atoms with Gasteiger partial charge in [0.15, 0.2) is 5.71 Å². The van der Waals surface area contributed by atoms with E-state index < -0.39 is 27.6 Å². The number of likely N-dealkylation sites (N-methyl/N-ethyl adjacent to an activating group) is 1. The summed E-state index contributed by atoms with van der Waals surface area (Å²) in [6.45, 7) is 14.1. The van der Waals surface area contributed by atoms with Crippen LogP contribution in [0.5, 0.6) is 5.75 Å². The first-order valence-corrected chi connectivity index (χ1v) is 15.3. The van der Waals surface area contributed by atoms with Crippen LogP contribution in [-0.2, 0) is 22.2 Å². The van der Waals surface area contributed by atoms with E-state index in [1.165, 1.54) is 0 Å². The van der Waals surface area contributed by atoms with Gasteiger partial charge in [0.1, 0.15) is 23.2 Å². The molecule has 4 rings (SSSR count). The van der Waals surface area contributed by atoms with Gasteiger partial charge < -0.3 is 22.7 Å². The van der Waals surface area contributed by atoms with Crippen molar-refractivity contribution >= 4 is 39.3 Å². The summed E-state index contributed by atoms with van der Waals surface area (Å²) in [5.74, 6) is 0.354. The average Bonchev–Trinajstić information content (AvgIpc) is 3.20. The van der Waals surface area contributed by atoms with Crippen LogP contribution in [0.1, 0.15) is 52.7 Å². The fourth-order valence-corrected chi connectivity index (χ4v) is 6.45. The second kappa shape index (κ2) is 10.7. The Morgan fingerprint density at radius 1 is 0.974 bits per heavy atom. The first-order chi connectivity index (χ1) is 18.2. The van der Waals surface area contributed by atoms with Crippen LogP contribution < -0.4 is 9.08 Å². The highest BCUT2D eigenvalue weighted by Crippen LogP contribution is 2.52. The van der Waals surface area contributed by atoms with Crippen molar-refractivity contribution in [2.45, 2.75) is 57.3 Å². The molecule has 1 atom stereocenters. The number of rotatable bonds is 8. The summed E-state index contributed by atoms with van der Waals surface area (Å²) >= 11 is -2.38. The zero-order chi connectivity index (χ0) is 28.8. The Morgan fingerprint density at radius 2 is 1.69 bits per heavy atom. The molecule has 0 bridgehead atoms. The molecule has 0 amide bonds. The number of fused-ring (bicyclic) bond motifs is 2. The van der Waals surface area contributed by atoms with E-state index in [0.29, 0.717) is 5.75 Å². The van der Waals surface area contributed by atoms with Crippen LogP contribution >= 0.6 is 10.9 Å². The van der Waals surface area contributed by atoms with Gasteiger partial charge in [-0.25, -0.2) is 0 Å². The molecule has 0 aromatic heterocycles. The van der Waals surface area contributed by atoms with Crippen LogP contribution in [0.3, 0.4) is 0 Å². The van der Waals surface area contributed by atoms with Crippen molar-refractivity contribution in [3.63, 3.8) is 0 Å². The summed E-state index contributed by atoms with van der Waals surface area (Å²) < 4.78 is 56.8. The Labute approximate surface area is 234 Å². The fourth-order valence-electron chi connectivity index (χ4n) is 5.65. The molecule has 2 heterocycles. The Hall–Kier alpha value is -2.73. The maximum Gasteiger partial charge on any atom is 0.357 e. The molecule has 2 aromatic rings. The lowest BCUT2D eigenvalue weighted by Crippen LogP contribution is -2.27. The fraction of sp³-hybridized carbons (Fsp3) is 0.345. The van der Waals surface area contributed by atoms with E-state index in [1.807, 2.05) is 36.4 Å². The predicted octanol–water partition coefficient (Wildman–Crippen LogP) is 6.99. The van der Waals surface area contributed by atoms with E-state index in [-0.39, 0.29) is 10.3 Å². The van der Waals surface area contributed by atoms with E-state index in [2.05, 4.69) is 63.2 Å². The van der Waals surface area contributed by atoms with Crippen LogP contribution in [0.15, 0.2) is 77.4 Å². The van der Waals surface area contributed by atoms with Crippen molar-refractivity contribution in [2.75, 3.05) is 18.0 Å². The normalized spacial score (nSPS) is 20.3. The van der Waals surface area contributed by atoms with Gasteiger partial charge in [-0.1, -0.05) is 32.1 Å². The lowest BCUT2D eigenvalue weighted by atomic mass is 9.81. The molecular formula is C29H37N2O6S2+. The molecule has 10 heteroatoms. The minimum atomic E-state index is -3.79. The minimum Gasteiger partial charge on any atom is -0.380 e. The van der Waals surface area contributed by atoms with Crippen molar-refractivity contribution < 1.29 is 31.2 Å². The number of hydrogen-bond donors (Lipinski definition) is 4. The van der Waals surface area contributed by atoms with Gasteiger partial charge in [0.2, 0.25) is 5.69 Å². The van der Waals surface area contributed by atoms with Crippen LogP contribution in [0, 0.1) is 0 Å². The van der Waals surface area contributed by atoms with Crippen molar-refractivity contribution in [3.8, 4) is 5.75 Å². The van der Waals surface area contributed by atoms with Crippen molar-refractivity contribution in [1.82, 2.24) is 0 Å². The Kier molecular flexibility index (Phi) is 8.01. The zero-order valence-corrected chi connectivity index (χ0v) is 24.7. The third-order valence-corrected chi connectivity index (χ3v) is 8.79. The van der Waals surface area contributed by atoms with Gasteiger partial charge in [0, 0.05) is 41.1 Å². The SMILES string of the molecule is CCN1/C(=C/C=C/C=C/C2=[N+](CC)c3ccc(OS(=O)O)cc3C2(C)C)C(C)(C)c2cc(S(O)(O)O)ccc21. The predicted molar refractivity (Wildman–Crippen MR) is 159 cm³/mol. The molecule has 0 fully saturated rings. The molecule has 0 spiro atoms. The standard InChI is InChI=1S/C29H36N2O6S2/c1-7-30-24-16-14-20(37-38(32)33)18-22(24)28(3,4)26(30)12-10-9-11-13-27-29(5,6)23-19-21(39(34,35)36)15-17-25(23)31(27)8-2/h9-19H,7-8H2,1-6H3,(H3-,32,33,34,35,36)/p+1. The van der Waals surface area contributed by atoms with Crippen molar-refractivity contribution in [3.05, 3.63) is 83.6 Å². The average molecular weight is 574 g/mol. The van der Waals surface area contributed by atoms with Crippen LogP contribution in [0.4, 0.5) is 11.4 Å². The van der Waals surface area contributed by atoms with Crippen molar-refractivity contribution in [2.24, 2.45) is 0 Å². The Morgan fingerprint density at radius 3 is 2.31 bits per heavy atom. The van der Waals surface area contributed by atoms with Gasteiger partial charge in [-0.15, -0.1) is 0 Å². The number of hydrogen-bond acceptors (Lipinski definition) is 6. The number of anilines is 1. The molecule has 8 nitrogen and oxygen atoms in total. The second-order valence-corrected chi connectivity index (χ2v) is 12.7. The molecule has 1 unspecified atom stereocenters. The number of benzene rings is 2. The van der Waals surface area contributed by atoms with E-state index in [9.17, 15) is 17.9 Å². The summed E-state index contributed by atoms with van der Waals surface area (Å²) in [5, 5.41) is 0. The molecule has 2 aliphatic heterocycles. The number of allylic oxidation sites excluding steroid dienone is 6. The third-order valence-electron chi connectivity index (χ3n) is 7.57. The zero-order valence-electron chi connectivity index (χ0n) is 23.1. The molecule has 4 N–H and O–H groups in total. The van der Waals surface area contributed by atoms with Gasteiger partial charge in [0.25, 0.3) is 0 Å². The molecule has 2 aromatic carbocycles. The highest BCUT2D eigenvalue weighted by Gasteiger charge is 2.44. The Bertz CT molecular complexity index is 1430. The van der Waals surface area contributed by atoms with Crippen molar-refractivity contribution in [1.29, 1.82) is 0 Å². The molecule has 210 valence electrons. The molecular weight excluding hydrogens is 536 g/mol. The smallest absolute Gasteiger partial charge is 0.357 e.